The lowest BCUT2D eigenvalue weighted by Crippen LogP contribution is -2.57. The Bertz CT molecular complexity index is 419. The Balaban J connectivity index is 1.60. The van der Waals surface area contributed by atoms with Crippen molar-refractivity contribution in [3.05, 3.63) is 18.1 Å². The fourth-order valence-corrected chi connectivity index (χ4v) is 3.04. The number of nitrogens with zero attached hydrogens (tertiary/aromatic N) is 2. The average molecular weight is 248 g/mol. The van der Waals surface area contributed by atoms with E-state index in [1.54, 1.807) is 19.5 Å². The first-order valence-corrected chi connectivity index (χ1v) is 6.66. The van der Waals surface area contributed by atoms with Crippen LogP contribution in [0.1, 0.15) is 31.4 Å². The minimum absolute atomic E-state index is 0.367. The van der Waals surface area contributed by atoms with Gasteiger partial charge in [-0.2, -0.15) is 0 Å². The molecule has 1 aliphatic carbocycles. The van der Waals surface area contributed by atoms with Crippen molar-refractivity contribution in [1.29, 1.82) is 0 Å². The first-order chi connectivity index (χ1) is 8.82. The largest absolute Gasteiger partial charge is 0.480 e. The van der Waals surface area contributed by atoms with Gasteiger partial charge in [-0.05, 0) is 32.2 Å². The predicted molar refractivity (Wildman–Crippen MR) is 68.4 cm³/mol. The zero-order valence-electron chi connectivity index (χ0n) is 10.8. The van der Waals surface area contributed by atoms with E-state index >= 15 is 0 Å². The maximum absolute atomic E-state index is 5.09. The molecular weight excluding hydrogens is 228 g/mol. The molecule has 0 bridgehead atoms. The van der Waals surface area contributed by atoms with Gasteiger partial charge in [0.25, 0.3) is 0 Å². The molecule has 1 unspecified atom stereocenters. The van der Waals surface area contributed by atoms with Crippen LogP contribution >= 0.6 is 0 Å². The summed E-state index contributed by atoms with van der Waals surface area (Å²) in [6.07, 6.45) is 8.59. The quantitative estimate of drug-likeness (QED) is 0.827. The highest BCUT2D eigenvalue weighted by Gasteiger charge is 2.46. The van der Waals surface area contributed by atoms with Gasteiger partial charge in [0.1, 0.15) is 0 Å². The topological polar surface area (TPSA) is 59.1 Å². The second kappa shape index (κ2) is 4.82. The van der Waals surface area contributed by atoms with Gasteiger partial charge in [0.2, 0.25) is 5.88 Å². The van der Waals surface area contributed by atoms with Crippen molar-refractivity contribution in [2.24, 2.45) is 0 Å². The molecule has 18 heavy (non-hydrogen) atoms. The van der Waals surface area contributed by atoms with Crippen molar-refractivity contribution < 1.29 is 4.74 Å². The molecule has 0 amide bonds. The average Bonchev–Trinajstić information content (AvgIpc) is 2.80. The molecule has 5 nitrogen and oxygen atoms in total. The Kier molecular flexibility index (Phi) is 3.18. The van der Waals surface area contributed by atoms with Gasteiger partial charge in [-0.3, -0.25) is 4.98 Å². The molecule has 2 fully saturated rings. The highest BCUT2D eigenvalue weighted by Crippen LogP contribution is 2.39. The second-order valence-corrected chi connectivity index (χ2v) is 5.21. The molecule has 1 saturated carbocycles. The third-order valence-corrected chi connectivity index (χ3v) is 4.22. The highest BCUT2D eigenvalue weighted by atomic mass is 16.5. The van der Waals surface area contributed by atoms with E-state index in [1.807, 2.05) is 0 Å². The van der Waals surface area contributed by atoms with E-state index in [1.165, 1.54) is 25.7 Å². The Morgan fingerprint density at radius 1 is 1.50 bits per heavy atom. The smallest absolute Gasteiger partial charge is 0.232 e. The number of aromatic nitrogens is 2. The van der Waals surface area contributed by atoms with Crippen molar-refractivity contribution in [2.45, 2.75) is 43.8 Å². The number of nitrogens with one attached hydrogen (secondary N) is 2. The zero-order valence-corrected chi connectivity index (χ0v) is 10.8. The third-order valence-electron chi connectivity index (χ3n) is 4.22. The molecule has 1 saturated heterocycles. The standard InChI is InChI=1S/C13H20N4O/c1-18-12-9-14-7-10(17-12)8-15-11-3-6-16-13(11)4-2-5-13/h7,9,11,15-16H,2-6,8H2,1H3. The van der Waals surface area contributed by atoms with Crippen LogP contribution < -0.4 is 15.4 Å². The van der Waals surface area contributed by atoms with E-state index in [0.29, 0.717) is 17.5 Å². The SMILES string of the molecule is COc1cncc(CNC2CCNC23CCC3)n1. The van der Waals surface area contributed by atoms with E-state index < -0.39 is 0 Å². The van der Waals surface area contributed by atoms with Crippen LogP contribution in [-0.2, 0) is 6.54 Å². The van der Waals surface area contributed by atoms with Crippen molar-refractivity contribution in [1.82, 2.24) is 20.6 Å². The molecular formula is C13H20N4O. The molecule has 1 spiro atoms. The molecule has 2 heterocycles. The summed E-state index contributed by atoms with van der Waals surface area (Å²) in [6, 6.07) is 0.569. The molecule has 5 heteroatoms. The van der Waals surface area contributed by atoms with Crippen molar-refractivity contribution >= 4 is 0 Å². The molecule has 98 valence electrons. The summed E-state index contributed by atoms with van der Waals surface area (Å²) in [5.41, 5.74) is 1.31. The maximum atomic E-state index is 5.09. The highest BCUT2D eigenvalue weighted by molar-refractivity contribution is 5.11. The first-order valence-electron chi connectivity index (χ1n) is 6.66. The summed E-state index contributed by atoms with van der Waals surface area (Å²) in [7, 11) is 1.62. The molecule has 0 radical (unpaired) electrons. The minimum Gasteiger partial charge on any atom is -0.480 e. The number of rotatable bonds is 4. The van der Waals surface area contributed by atoms with Crippen LogP contribution in [0.25, 0.3) is 0 Å². The summed E-state index contributed by atoms with van der Waals surface area (Å²) in [6.45, 7) is 1.89. The summed E-state index contributed by atoms with van der Waals surface area (Å²) in [5.74, 6) is 0.581. The Morgan fingerprint density at radius 2 is 2.39 bits per heavy atom. The minimum atomic E-state index is 0.367. The second-order valence-electron chi connectivity index (χ2n) is 5.21. The van der Waals surface area contributed by atoms with E-state index in [0.717, 1.165) is 18.8 Å². The lowest BCUT2D eigenvalue weighted by molar-refractivity contribution is 0.170. The van der Waals surface area contributed by atoms with Crippen molar-refractivity contribution in [3.63, 3.8) is 0 Å². The fourth-order valence-electron chi connectivity index (χ4n) is 3.04. The Labute approximate surface area is 107 Å². The molecule has 1 atom stereocenters. The summed E-state index contributed by atoms with van der Waals surface area (Å²) in [4.78, 5) is 8.50. The van der Waals surface area contributed by atoms with Crippen LogP contribution in [0.3, 0.4) is 0 Å². The third kappa shape index (κ3) is 2.08. The Hall–Kier alpha value is -1.20. The molecule has 2 N–H and O–H groups in total. The zero-order chi connectivity index (χ0) is 12.4. The van der Waals surface area contributed by atoms with Crippen LogP contribution in [0, 0.1) is 0 Å². The van der Waals surface area contributed by atoms with Crippen LogP contribution in [0.5, 0.6) is 5.88 Å². The van der Waals surface area contributed by atoms with Gasteiger partial charge in [0.15, 0.2) is 0 Å². The van der Waals surface area contributed by atoms with Gasteiger partial charge in [-0.15, -0.1) is 0 Å². The van der Waals surface area contributed by atoms with Gasteiger partial charge >= 0.3 is 0 Å². The molecule has 0 aromatic carbocycles. The van der Waals surface area contributed by atoms with Crippen LogP contribution in [0.15, 0.2) is 12.4 Å². The van der Waals surface area contributed by atoms with E-state index in [2.05, 4.69) is 20.6 Å². The summed E-state index contributed by atoms with van der Waals surface area (Å²) < 4.78 is 5.09. The summed E-state index contributed by atoms with van der Waals surface area (Å²) >= 11 is 0. The fraction of sp³-hybridized carbons (Fsp3) is 0.692. The van der Waals surface area contributed by atoms with E-state index in [4.69, 9.17) is 4.74 Å². The molecule has 1 aromatic rings. The van der Waals surface area contributed by atoms with Gasteiger partial charge in [-0.25, -0.2) is 4.98 Å². The first kappa shape index (κ1) is 11.9. The lowest BCUT2D eigenvalue weighted by Gasteiger charge is -2.44. The van der Waals surface area contributed by atoms with Crippen molar-refractivity contribution in [2.75, 3.05) is 13.7 Å². The molecule has 1 aromatic heterocycles. The van der Waals surface area contributed by atoms with Gasteiger partial charge in [-0.1, -0.05) is 0 Å². The van der Waals surface area contributed by atoms with Gasteiger partial charge < -0.3 is 15.4 Å². The molecule has 1 aliphatic heterocycles. The maximum Gasteiger partial charge on any atom is 0.232 e. The number of ether oxygens (including phenoxy) is 1. The number of hydrogen-bond acceptors (Lipinski definition) is 5. The van der Waals surface area contributed by atoms with Crippen LogP contribution in [0.4, 0.5) is 0 Å². The van der Waals surface area contributed by atoms with Crippen LogP contribution in [-0.4, -0.2) is 35.2 Å². The van der Waals surface area contributed by atoms with Gasteiger partial charge in [0, 0.05) is 24.3 Å². The van der Waals surface area contributed by atoms with Crippen molar-refractivity contribution in [3.8, 4) is 5.88 Å². The number of methoxy groups -OCH3 is 1. The molecule has 2 aliphatic rings. The number of hydrogen-bond donors (Lipinski definition) is 2. The predicted octanol–water partition coefficient (Wildman–Crippen LogP) is 0.859. The van der Waals surface area contributed by atoms with E-state index in [9.17, 15) is 0 Å². The normalized spacial score (nSPS) is 25.1. The van der Waals surface area contributed by atoms with Crippen LogP contribution in [0.2, 0.25) is 0 Å². The molecule has 3 rings (SSSR count). The van der Waals surface area contributed by atoms with E-state index in [-0.39, 0.29) is 0 Å². The lowest BCUT2D eigenvalue weighted by atomic mass is 9.73. The Morgan fingerprint density at radius 3 is 3.11 bits per heavy atom. The van der Waals surface area contributed by atoms with Gasteiger partial charge in [0.05, 0.1) is 19.0 Å². The summed E-state index contributed by atoms with van der Waals surface area (Å²) in [5, 5.41) is 7.28. The monoisotopic (exact) mass is 248 g/mol.